The maximum atomic E-state index is 13.0. The Kier molecular flexibility index (Phi) is 4.21. The summed E-state index contributed by atoms with van der Waals surface area (Å²) in [6.07, 6.45) is 0. The minimum Gasteiger partial charge on any atom is -0.376 e. The van der Waals surface area contributed by atoms with Crippen LogP contribution < -0.4 is 5.32 Å². The second-order valence-corrected chi connectivity index (χ2v) is 6.73. The number of anilines is 1. The van der Waals surface area contributed by atoms with Crippen molar-refractivity contribution in [2.75, 3.05) is 5.32 Å². The first-order valence-electron chi connectivity index (χ1n) is 5.63. The minimum atomic E-state index is -0.210. The van der Waals surface area contributed by atoms with Crippen LogP contribution in [0.5, 0.6) is 0 Å². The van der Waals surface area contributed by atoms with E-state index in [1.54, 1.807) is 17.4 Å². The molecule has 1 unspecified atom stereocenters. The molecule has 0 saturated heterocycles. The van der Waals surface area contributed by atoms with E-state index in [4.69, 9.17) is 0 Å². The van der Waals surface area contributed by atoms with Gasteiger partial charge >= 0.3 is 0 Å². The molecule has 0 amide bonds. The molecule has 1 aromatic heterocycles. The normalized spacial score (nSPS) is 12.5. The number of hydrogen-bond donors (Lipinski definition) is 1. The second-order valence-electron chi connectivity index (χ2n) is 4.16. The molecule has 1 N–H and O–H groups in total. The molecule has 2 rings (SSSR count). The van der Waals surface area contributed by atoms with E-state index in [0.29, 0.717) is 0 Å². The van der Waals surface area contributed by atoms with Crippen molar-refractivity contribution >= 4 is 39.6 Å². The summed E-state index contributed by atoms with van der Waals surface area (Å²) >= 11 is 3.83. The molecule has 96 valence electrons. The highest BCUT2D eigenvalue weighted by Crippen LogP contribution is 2.27. The van der Waals surface area contributed by atoms with Crippen LogP contribution >= 0.6 is 33.9 Å². The van der Waals surface area contributed by atoms with Crippen molar-refractivity contribution in [1.29, 1.82) is 0 Å². The quantitative estimate of drug-likeness (QED) is 0.788. The van der Waals surface area contributed by atoms with Crippen molar-refractivity contribution in [3.05, 3.63) is 43.2 Å². The Hall–Kier alpha value is -0.690. The molecule has 2 aromatic rings. The molecule has 1 heterocycles. The third kappa shape index (κ3) is 3.00. The van der Waals surface area contributed by atoms with Gasteiger partial charge in [0, 0.05) is 14.1 Å². The summed E-state index contributed by atoms with van der Waals surface area (Å²) in [6, 6.07) is 4.88. The van der Waals surface area contributed by atoms with Gasteiger partial charge in [0.15, 0.2) is 0 Å². The molecule has 5 heteroatoms. The first-order chi connectivity index (χ1) is 8.47. The smallest absolute Gasteiger partial charge is 0.124 e. The summed E-state index contributed by atoms with van der Waals surface area (Å²) in [5.41, 5.74) is 2.01. The highest BCUT2D eigenvalue weighted by Gasteiger charge is 2.14. The Balaban J connectivity index is 2.21. The molecule has 0 aliphatic rings. The van der Waals surface area contributed by atoms with Gasteiger partial charge in [0.05, 0.1) is 16.7 Å². The van der Waals surface area contributed by atoms with E-state index in [2.05, 4.69) is 46.7 Å². The molecule has 18 heavy (non-hydrogen) atoms. The van der Waals surface area contributed by atoms with Gasteiger partial charge in [-0.15, -0.1) is 11.3 Å². The van der Waals surface area contributed by atoms with E-state index in [1.807, 2.05) is 6.92 Å². The van der Waals surface area contributed by atoms with Crippen LogP contribution in [0.1, 0.15) is 28.5 Å². The average Bonchev–Trinajstić information content (AvgIpc) is 2.62. The fourth-order valence-corrected chi connectivity index (χ4v) is 3.40. The van der Waals surface area contributed by atoms with E-state index < -0.39 is 0 Å². The molecule has 0 fully saturated rings. The van der Waals surface area contributed by atoms with Crippen molar-refractivity contribution < 1.29 is 4.39 Å². The molecule has 0 radical (unpaired) electrons. The van der Waals surface area contributed by atoms with Gasteiger partial charge in [0.2, 0.25) is 0 Å². The lowest BCUT2D eigenvalue weighted by Crippen LogP contribution is -2.09. The van der Waals surface area contributed by atoms with Gasteiger partial charge in [0.1, 0.15) is 5.82 Å². The van der Waals surface area contributed by atoms with Gasteiger partial charge in [-0.1, -0.05) is 0 Å². The molecule has 0 saturated carbocycles. The maximum absolute atomic E-state index is 13.0. The van der Waals surface area contributed by atoms with E-state index in [0.717, 1.165) is 20.0 Å². The highest BCUT2D eigenvalue weighted by atomic mass is 127. The molecule has 0 bridgehead atoms. The van der Waals surface area contributed by atoms with E-state index in [-0.39, 0.29) is 11.9 Å². The molecule has 0 spiro atoms. The molecule has 1 aromatic carbocycles. The van der Waals surface area contributed by atoms with Crippen molar-refractivity contribution in [2.24, 2.45) is 0 Å². The average molecular weight is 376 g/mol. The zero-order chi connectivity index (χ0) is 13.3. The van der Waals surface area contributed by atoms with Crippen molar-refractivity contribution in [3.63, 3.8) is 0 Å². The predicted molar refractivity (Wildman–Crippen MR) is 82.7 cm³/mol. The summed E-state index contributed by atoms with van der Waals surface area (Å²) < 4.78 is 13.9. The summed E-state index contributed by atoms with van der Waals surface area (Å²) in [5, 5.41) is 4.45. The Morgan fingerprint density at radius 1 is 1.39 bits per heavy atom. The number of rotatable bonds is 3. The number of aryl methyl sites for hydroxylation is 2. The van der Waals surface area contributed by atoms with Gasteiger partial charge in [0.25, 0.3) is 0 Å². The number of nitrogens with one attached hydrogen (secondary N) is 1. The second kappa shape index (κ2) is 5.52. The van der Waals surface area contributed by atoms with Crippen LogP contribution in [0.2, 0.25) is 0 Å². The molecule has 0 aliphatic heterocycles. The molecular weight excluding hydrogens is 362 g/mol. The van der Waals surface area contributed by atoms with Gasteiger partial charge in [-0.3, -0.25) is 0 Å². The first kappa shape index (κ1) is 13.7. The van der Waals surface area contributed by atoms with Crippen LogP contribution in [0.3, 0.4) is 0 Å². The van der Waals surface area contributed by atoms with Crippen LogP contribution in [-0.2, 0) is 0 Å². The number of thiazole rings is 1. The standard InChI is InChI=1S/C13H14FIN2S/c1-7(13-8(2)18-9(3)17-13)16-12-5-4-10(14)6-11(12)15/h4-7,16H,1-3H3. The van der Waals surface area contributed by atoms with Crippen molar-refractivity contribution in [2.45, 2.75) is 26.8 Å². The highest BCUT2D eigenvalue weighted by molar-refractivity contribution is 14.1. The number of halogens is 2. The van der Waals surface area contributed by atoms with E-state index in [1.165, 1.54) is 17.0 Å². The van der Waals surface area contributed by atoms with Gasteiger partial charge in [-0.05, 0) is 61.6 Å². The lowest BCUT2D eigenvalue weighted by Gasteiger charge is -2.15. The first-order valence-corrected chi connectivity index (χ1v) is 7.52. The Morgan fingerprint density at radius 3 is 2.67 bits per heavy atom. The van der Waals surface area contributed by atoms with Gasteiger partial charge in [-0.25, -0.2) is 9.37 Å². The van der Waals surface area contributed by atoms with Crippen LogP contribution in [0, 0.1) is 23.2 Å². The molecule has 2 nitrogen and oxygen atoms in total. The fraction of sp³-hybridized carbons (Fsp3) is 0.308. The number of hydrogen-bond acceptors (Lipinski definition) is 3. The van der Waals surface area contributed by atoms with Crippen LogP contribution in [0.4, 0.5) is 10.1 Å². The van der Waals surface area contributed by atoms with Crippen LogP contribution in [0.25, 0.3) is 0 Å². The number of aromatic nitrogens is 1. The summed E-state index contributed by atoms with van der Waals surface area (Å²) in [5.74, 6) is -0.210. The predicted octanol–water partition coefficient (Wildman–Crippen LogP) is 4.68. The SMILES string of the molecule is Cc1nc(C(C)Nc2ccc(F)cc2I)c(C)s1. The van der Waals surface area contributed by atoms with Crippen LogP contribution in [-0.4, -0.2) is 4.98 Å². The number of benzene rings is 1. The lowest BCUT2D eigenvalue weighted by atomic mass is 10.2. The van der Waals surface area contributed by atoms with Gasteiger partial charge in [-0.2, -0.15) is 0 Å². The summed E-state index contributed by atoms with van der Waals surface area (Å²) in [4.78, 5) is 5.76. The zero-order valence-corrected chi connectivity index (χ0v) is 13.4. The number of nitrogens with zero attached hydrogens (tertiary/aromatic N) is 1. The molecular formula is C13H14FIN2S. The Morgan fingerprint density at radius 2 is 2.11 bits per heavy atom. The third-order valence-electron chi connectivity index (χ3n) is 2.65. The van der Waals surface area contributed by atoms with Gasteiger partial charge < -0.3 is 5.32 Å². The Labute approximate surface area is 124 Å². The molecule has 0 aliphatic carbocycles. The fourth-order valence-electron chi connectivity index (χ4n) is 1.85. The van der Waals surface area contributed by atoms with E-state index >= 15 is 0 Å². The van der Waals surface area contributed by atoms with Crippen LogP contribution in [0.15, 0.2) is 18.2 Å². The van der Waals surface area contributed by atoms with Crippen molar-refractivity contribution in [3.8, 4) is 0 Å². The largest absolute Gasteiger partial charge is 0.376 e. The summed E-state index contributed by atoms with van der Waals surface area (Å²) in [6.45, 7) is 6.16. The topological polar surface area (TPSA) is 24.9 Å². The molecule has 1 atom stereocenters. The lowest BCUT2D eigenvalue weighted by molar-refractivity contribution is 0.627. The van der Waals surface area contributed by atoms with E-state index in [9.17, 15) is 4.39 Å². The zero-order valence-electron chi connectivity index (χ0n) is 10.4. The minimum absolute atomic E-state index is 0.119. The summed E-state index contributed by atoms with van der Waals surface area (Å²) in [7, 11) is 0. The Bertz CT molecular complexity index is 568. The maximum Gasteiger partial charge on any atom is 0.124 e. The third-order valence-corrected chi connectivity index (χ3v) is 4.45. The van der Waals surface area contributed by atoms with Crippen molar-refractivity contribution in [1.82, 2.24) is 4.98 Å². The monoisotopic (exact) mass is 376 g/mol.